The van der Waals surface area contributed by atoms with Gasteiger partial charge in [-0.3, -0.25) is 14.4 Å². The largest absolute Gasteiger partial charge is 0.480 e. The highest BCUT2D eigenvalue weighted by molar-refractivity contribution is 7.98. The molecule has 0 aromatic heterocycles. The van der Waals surface area contributed by atoms with Crippen molar-refractivity contribution in [3.63, 3.8) is 0 Å². The molecule has 0 saturated carbocycles. The van der Waals surface area contributed by atoms with Gasteiger partial charge >= 0.3 is 5.97 Å². The summed E-state index contributed by atoms with van der Waals surface area (Å²) >= 11 is 1.52. The maximum absolute atomic E-state index is 12.5. The van der Waals surface area contributed by atoms with Gasteiger partial charge in [-0.05, 0) is 50.2 Å². The van der Waals surface area contributed by atoms with E-state index in [2.05, 4.69) is 21.3 Å². The van der Waals surface area contributed by atoms with Crippen LogP contribution in [0, 0.1) is 5.92 Å². The predicted molar refractivity (Wildman–Crippen MR) is 108 cm³/mol. The zero-order chi connectivity index (χ0) is 21.1. The second-order valence-corrected chi connectivity index (χ2v) is 8.28. The number of carboxylic acid groups (broad SMARTS) is 1. The normalized spacial score (nSPS) is 18.4. The van der Waals surface area contributed by atoms with Crippen molar-refractivity contribution < 1.29 is 24.3 Å². The van der Waals surface area contributed by atoms with E-state index in [9.17, 15) is 24.3 Å². The minimum Gasteiger partial charge on any atom is -0.480 e. The van der Waals surface area contributed by atoms with E-state index in [1.807, 2.05) is 20.1 Å². The van der Waals surface area contributed by atoms with E-state index in [1.165, 1.54) is 11.8 Å². The van der Waals surface area contributed by atoms with Crippen LogP contribution in [0.2, 0.25) is 0 Å². The van der Waals surface area contributed by atoms with Crippen LogP contribution in [0.5, 0.6) is 0 Å². The summed E-state index contributed by atoms with van der Waals surface area (Å²) in [6, 6.07) is -2.14. The average molecular weight is 417 g/mol. The van der Waals surface area contributed by atoms with Gasteiger partial charge in [0.1, 0.15) is 12.1 Å². The lowest BCUT2D eigenvalue weighted by Crippen LogP contribution is -2.54. The van der Waals surface area contributed by atoms with Crippen LogP contribution in [-0.2, 0) is 19.2 Å². The van der Waals surface area contributed by atoms with Crippen molar-refractivity contribution in [1.82, 2.24) is 21.3 Å². The lowest BCUT2D eigenvalue weighted by molar-refractivity contribution is -0.142. The maximum atomic E-state index is 12.5. The van der Waals surface area contributed by atoms with Crippen LogP contribution in [0.4, 0.5) is 0 Å². The van der Waals surface area contributed by atoms with E-state index in [-0.39, 0.29) is 24.4 Å². The molecule has 9 nitrogen and oxygen atoms in total. The molecule has 0 radical (unpaired) electrons. The molecular weight excluding hydrogens is 384 g/mol. The van der Waals surface area contributed by atoms with Gasteiger partial charge in [-0.2, -0.15) is 11.8 Å². The monoisotopic (exact) mass is 416 g/mol. The van der Waals surface area contributed by atoms with Crippen molar-refractivity contribution in [3.05, 3.63) is 0 Å². The van der Waals surface area contributed by atoms with Crippen LogP contribution in [0.25, 0.3) is 0 Å². The first-order valence-corrected chi connectivity index (χ1v) is 11.0. The lowest BCUT2D eigenvalue weighted by Gasteiger charge is -2.22. The number of carboxylic acids is 1. The van der Waals surface area contributed by atoms with Crippen LogP contribution in [-0.4, -0.2) is 72.0 Å². The first-order valence-electron chi connectivity index (χ1n) is 9.57. The van der Waals surface area contributed by atoms with Crippen LogP contribution in [0.15, 0.2) is 0 Å². The summed E-state index contributed by atoms with van der Waals surface area (Å²) in [5.74, 6) is -1.63. The van der Waals surface area contributed by atoms with Crippen molar-refractivity contribution in [2.24, 2.45) is 5.92 Å². The number of carbonyl (C=O) groups is 4. The Labute approximate surface area is 170 Å². The van der Waals surface area contributed by atoms with Gasteiger partial charge in [0.05, 0.1) is 12.6 Å². The van der Waals surface area contributed by atoms with Gasteiger partial charge < -0.3 is 26.4 Å². The average Bonchev–Trinajstić information content (AvgIpc) is 3.16. The maximum Gasteiger partial charge on any atom is 0.326 e. The molecule has 1 aliphatic heterocycles. The fourth-order valence-corrected chi connectivity index (χ4v) is 3.39. The Kier molecular flexibility index (Phi) is 10.9. The number of amides is 3. The van der Waals surface area contributed by atoms with Crippen molar-refractivity contribution in [3.8, 4) is 0 Å². The molecule has 1 aliphatic rings. The smallest absolute Gasteiger partial charge is 0.326 e. The van der Waals surface area contributed by atoms with Crippen LogP contribution in [0.3, 0.4) is 0 Å². The third kappa shape index (κ3) is 8.92. The first kappa shape index (κ1) is 24.2. The van der Waals surface area contributed by atoms with Gasteiger partial charge in [-0.25, -0.2) is 4.79 Å². The summed E-state index contributed by atoms with van der Waals surface area (Å²) in [7, 11) is 0. The third-order valence-electron chi connectivity index (χ3n) is 4.38. The van der Waals surface area contributed by atoms with E-state index in [1.54, 1.807) is 0 Å². The minimum atomic E-state index is -1.10. The van der Waals surface area contributed by atoms with E-state index in [0.29, 0.717) is 18.6 Å². The molecule has 1 rings (SSSR count). The zero-order valence-electron chi connectivity index (χ0n) is 16.7. The second kappa shape index (κ2) is 12.6. The van der Waals surface area contributed by atoms with Crippen LogP contribution >= 0.6 is 11.8 Å². The molecule has 3 amide bonds. The van der Waals surface area contributed by atoms with Gasteiger partial charge in [-0.1, -0.05) is 13.8 Å². The van der Waals surface area contributed by atoms with Crippen LogP contribution < -0.4 is 21.3 Å². The van der Waals surface area contributed by atoms with Crippen molar-refractivity contribution in [2.75, 3.05) is 25.1 Å². The summed E-state index contributed by atoms with van der Waals surface area (Å²) < 4.78 is 0. The molecule has 0 aliphatic carbocycles. The van der Waals surface area contributed by atoms with Crippen molar-refractivity contribution >= 4 is 35.5 Å². The molecule has 1 saturated heterocycles. The first-order chi connectivity index (χ1) is 13.2. The molecule has 28 heavy (non-hydrogen) atoms. The van der Waals surface area contributed by atoms with E-state index in [4.69, 9.17) is 0 Å². The Morgan fingerprint density at radius 1 is 1.18 bits per heavy atom. The van der Waals surface area contributed by atoms with Gasteiger partial charge in [-0.15, -0.1) is 0 Å². The fourth-order valence-electron chi connectivity index (χ4n) is 2.91. The Morgan fingerprint density at radius 2 is 1.89 bits per heavy atom. The number of aliphatic carboxylic acids is 1. The molecule has 10 heteroatoms. The molecular formula is C18H32N4O5S. The number of hydrogen-bond acceptors (Lipinski definition) is 6. The number of carbonyl (C=O) groups excluding carboxylic acids is 3. The second-order valence-electron chi connectivity index (χ2n) is 7.30. The molecule has 1 fully saturated rings. The molecule has 3 atom stereocenters. The topological polar surface area (TPSA) is 137 Å². The highest BCUT2D eigenvalue weighted by atomic mass is 32.2. The summed E-state index contributed by atoms with van der Waals surface area (Å²) in [4.78, 5) is 48.1. The van der Waals surface area contributed by atoms with Gasteiger partial charge in [0.25, 0.3) is 0 Å². The predicted octanol–water partition coefficient (Wildman–Crippen LogP) is -0.292. The highest BCUT2D eigenvalue weighted by Crippen LogP contribution is 2.07. The summed E-state index contributed by atoms with van der Waals surface area (Å²) in [6.45, 7) is 4.30. The molecule has 0 spiro atoms. The molecule has 160 valence electrons. The number of thioether (sulfide) groups is 1. The van der Waals surface area contributed by atoms with Crippen molar-refractivity contribution in [1.29, 1.82) is 0 Å². The van der Waals surface area contributed by atoms with Gasteiger partial charge in [0.2, 0.25) is 17.7 Å². The number of nitrogens with one attached hydrogen (secondary N) is 4. The molecule has 1 heterocycles. The highest BCUT2D eigenvalue weighted by Gasteiger charge is 2.27. The fraction of sp³-hybridized carbons (Fsp3) is 0.778. The van der Waals surface area contributed by atoms with Gasteiger partial charge in [0, 0.05) is 0 Å². The van der Waals surface area contributed by atoms with E-state index in [0.717, 1.165) is 19.4 Å². The summed E-state index contributed by atoms with van der Waals surface area (Å²) in [5.41, 5.74) is 0. The molecule has 0 aromatic carbocycles. The summed E-state index contributed by atoms with van der Waals surface area (Å²) in [6.07, 6.45) is 4.20. The van der Waals surface area contributed by atoms with E-state index >= 15 is 0 Å². The van der Waals surface area contributed by atoms with Crippen molar-refractivity contribution in [2.45, 2.75) is 57.7 Å². The van der Waals surface area contributed by atoms with Gasteiger partial charge in [0.15, 0.2) is 0 Å². The Hall–Kier alpha value is -1.81. The molecule has 5 N–H and O–H groups in total. The Bertz CT molecular complexity index is 552. The lowest BCUT2D eigenvalue weighted by atomic mass is 10.0. The SMILES string of the molecule is CSCCC(NC(=O)CNC(=O)C1CCCN1)C(=O)NC(CC(C)C)C(=O)O. The standard InChI is InChI=1S/C18H32N4O5S/c1-11(2)9-14(18(26)27)22-17(25)13(6-8-28-3)21-15(23)10-20-16(24)12-5-4-7-19-12/h11-14,19H,4-10H2,1-3H3,(H,20,24)(H,21,23)(H,22,25)(H,26,27). The molecule has 0 bridgehead atoms. The summed E-state index contributed by atoms with van der Waals surface area (Å²) in [5, 5.41) is 20.0. The molecule has 3 unspecified atom stereocenters. The number of rotatable bonds is 12. The number of hydrogen-bond donors (Lipinski definition) is 5. The van der Waals surface area contributed by atoms with E-state index < -0.39 is 29.9 Å². The quantitative estimate of drug-likeness (QED) is 0.295. The zero-order valence-corrected chi connectivity index (χ0v) is 17.6. The molecule has 0 aromatic rings. The Balaban J connectivity index is 2.59. The van der Waals surface area contributed by atoms with Crippen LogP contribution in [0.1, 0.15) is 39.5 Å². The minimum absolute atomic E-state index is 0.0973. The third-order valence-corrected chi connectivity index (χ3v) is 5.03. The Morgan fingerprint density at radius 3 is 2.43 bits per heavy atom.